The van der Waals surface area contributed by atoms with Gasteiger partial charge in [-0.3, -0.25) is 4.79 Å². The fourth-order valence-corrected chi connectivity index (χ4v) is 3.74. The van der Waals surface area contributed by atoms with Crippen molar-refractivity contribution in [1.29, 1.82) is 0 Å². The van der Waals surface area contributed by atoms with Gasteiger partial charge in [0.05, 0.1) is 12.1 Å². The lowest BCUT2D eigenvalue weighted by Crippen LogP contribution is -2.51. The molecule has 1 N–H and O–H groups in total. The first-order chi connectivity index (χ1) is 11.8. The summed E-state index contributed by atoms with van der Waals surface area (Å²) in [5.41, 5.74) is 0.708. The molecule has 1 aromatic rings. The maximum Gasteiger partial charge on any atom is 0.254 e. The summed E-state index contributed by atoms with van der Waals surface area (Å²) in [5.74, 6) is 0.860. The molecule has 0 spiro atoms. The summed E-state index contributed by atoms with van der Waals surface area (Å²) in [4.78, 5) is 15.1. The van der Waals surface area contributed by atoms with Gasteiger partial charge in [0.15, 0.2) is 0 Å². The summed E-state index contributed by atoms with van der Waals surface area (Å²) >= 11 is 0. The zero-order valence-electron chi connectivity index (χ0n) is 14.5. The van der Waals surface area contributed by atoms with Gasteiger partial charge in [0.1, 0.15) is 12.4 Å². The summed E-state index contributed by atoms with van der Waals surface area (Å²) in [6, 6.07) is 7.72. The molecule has 3 rings (SSSR count). The molecule has 132 valence electrons. The van der Waals surface area contributed by atoms with E-state index in [1.165, 1.54) is 0 Å². The third-order valence-electron chi connectivity index (χ3n) is 5.01. The Morgan fingerprint density at radius 2 is 2.12 bits per heavy atom. The molecule has 0 aliphatic carbocycles. The molecule has 2 aliphatic rings. The molecule has 0 unspecified atom stereocenters. The Bertz CT molecular complexity index is 549. The number of nitrogens with zero attached hydrogens (tertiary/aromatic N) is 1. The number of hydrogen-bond acceptors (Lipinski definition) is 4. The SMILES string of the molecule is CO[C@H]1CCCN2C(=O)c3cccc(c3)OCCNCCCC[C@@H]12. The lowest BCUT2D eigenvalue weighted by atomic mass is 9.93. The summed E-state index contributed by atoms with van der Waals surface area (Å²) in [6.07, 6.45) is 5.39. The van der Waals surface area contributed by atoms with E-state index in [0.717, 1.165) is 57.5 Å². The zero-order chi connectivity index (χ0) is 16.8. The Labute approximate surface area is 144 Å². The van der Waals surface area contributed by atoms with Crippen LogP contribution in [0.2, 0.25) is 0 Å². The molecule has 1 amide bonds. The molecular formula is C19H28N2O3. The number of ether oxygens (including phenoxy) is 2. The molecule has 1 aromatic carbocycles. The average molecular weight is 332 g/mol. The number of rotatable bonds is 1. The van der Waals surface area contributed by atoms with E-state index in [1.54, 1.807) is 7.11 Å². The molecule has 2 heterocycles. The van der Waals surface area contributed by atoms with E-state index in [-0.39, 0.29) is 18.1 Å². The summed E-state index contributed by atoms with van der Waals surface area (Å²) < 4.78 is 11.5. The lowest BCUT2D eigenvalue weighted by molar-refractivity contribution is -0.0154. The number of carbonyl (C=O) groups is 1. The van der Waals surface area contributed by atoms with Crippen LogP contribution in [0.4, 0.5) is 0 Å². The molecule has 5 heteroatoms. The van der Waals surface area contributed by atoms with Crippen LogP contribution >= 0.6 is 0 Å². The van der Waals surface area contributed by atoms with Gasteiger partial charge in [0.2, 0.25) is 0 Å². The number of nitrogens with one attached hydrogen (secondary N) is 1. The van der Waals surface area contributed by atoms with Crippen LogP contribution in [-0.4, -0.2) is 56.3 Å². The first-order valence-corrected chi connectivity index (χ1v) is 9.07. The van der Waals surface area contributed by atoms with E-state index in [1.807, 2.05) is 29.2 Å². The Balaban J connectivity index is 1.85. The molecule has 0 aromatic heterocycles. The van der Waals surface area contributed by atoms with Crippen LogP contribution in [-0.2, 0) is 4.74 Å². The van der Waals surface area contributed by atoms with Crippen molar-refractivity contribution < 1.29 is 14.3 Å². The number of fused-ring (bicyclic) bond motifs is 3. The Kier molecular flexibility index (Phi) is 6.10. The molecule has 0 saturated carbocycles. The van der Waals surface area contributed by atoms with Crippen LogP contribution in [0.25, 0.3) is 0 Å². The Morgan fingerprint density at radius 3 is 3.00 bits per heavy atom. The zero-order valence-corrected chi connectivity index (χ0v) is 14.5. The van der Waals surface area contributed by atoms with E-state index in [9.17, 15) is 4.79 Å². The highest BCUT2D eigenvalue weighted by Gasteiger charge is 2.34. The minimum Gasteiger partial charge on any atom is -0.492 e. The molecular weight excluding hydrogens is 304 g/mol. The molecule has 1 saturated heterocycles. The van der Waals surface area contributed by atoms with Crippen LogP contribution < -0.4 is 10.1 Å². The Morgan fingerprint density at radius 1 is 1.21 bits per heavy atom. The van der Waals surface area contributed by atoms with Crippen LogP contribution in [0.15, 0.2) is 24.3 Å². The van der Waals surface area contributed by atoms with Crippen LogP contribution in [0.5, 0.6) is 5.75 Å². The predicted octanol–water partition coefficient (Wildman–Crippen LogP) is 2.46. The van der Waals surface area contributed by atoms with Crippen molar-refractivity contribution in [3.63, 3.8) is 0 Å². The van der Waals surface area contributed by atoms with Gasteiger partial charge >= 0.3 is 0 Å². The topological polar surface area (TPSA) is 50.8 Å². The van der Waals surface area contributed by atoms with Gasteiger partial charge in [0, 0.05) is 25.8 Å². The molecule has 24 heavy (non-hydrogen) atoms. The van der Waals surface area contributed by atoms with Crippen LogP contribution in [0, 0.1) is 0 Å². The standard InChI is InChI=1S/C19H28N2O3/c1-23-18-9-5-12-21-17(18)8-2-3-10-20-11-13-24-16-7-4-6-15(14-16)19(21)22/h4,6-7,14,17-18,20H,2-3,5,8-13H2,1H3/t17-,18-/m0/s1. The van der Waals surface area contributed by atoms with Crippen molar-refractivity contribution in [1.82, 2.24) is 10.2 Å². The van der Waals surface area contributed by atoms with Gasteiger partial charge in [0.25, 0.3) is 5.91 Å². The number of carbonyl (C=O) groups excluding carboxylic acids is 1. The lowest BCUT2D eigenvalue weighted by Gasteiger charge is -2.41. The second-order valence-electron chi connectivity index (χ2n) is 6.60. The fourth-order valence-electron chi connectivity index (χ4n) is 3.74. The fraction of sp³-hybridized carbons (Fsp3) is 0.632. The monoisotopic (exact) mass is 332 g/mol. The number of amides is 1. The normalized spacial score (nSPS) is 26.2. The maximum absolute atomic E-state index is 13.1. The van der Waals surface area contributed by atoms with Crippen LogP contribution in [0.3, 0.4) is 0 Å². The average Bonchev–Trinajstić information content (AvgIpc) is 2.62. The number of benzene rings is 1. The van der Waals surface area contributed by atoms with Crippen LogP contribution in [0.1, 0.15) is 42.5 Å². The highest BCUT2D eigenvalue weighted by molar-refractivity contribution is 5.95. The van der Waals surface area contributed by atoms with Crippen molar-refractivity contribution in [3.8, 4) is 5.75 Å². The summed E-state index contributed by atoms with van der Waals surface area (Å²) in [6.45, 7) is 3.25. The van der Waals surface area contributed by atoms with Crippen molar-refractivity contribution in [2.75, 3.05) is 33.4 Å². The van der Waals surface area contributed by atoms with E-state index in [2.05, 4.69) is 5.32 Å². The molecule has 0 radical (unpaired) electrons. The van der Waals surface area contributed by atoms with Crippen molar-refractivity contribution in [2.45, 2.75) is 44.2 Å². The highest BCUT2D eigenvalue weighted by Crippen LogP contribution is 2.27. The first-order valence-electron chi connectivity index (χ1n) is 9.07. The summed E-state index contributed by atoms with van der Waals surface area (Å²) in [5, 5.41) is 3.42. The van der Waals surface area contributed by atoms with Crippen molar-refractivity contribution >= 4 is 5.91 Å². The molecule has 1 fully saturated rings. The minimum absolute atomic E-state index is 0.0994. The van der Waals surface area contributed by atoms with E-state index in [0.29, 0.717) is 12.2 Å². The van der Waals surface area contributed by atoms with Gasteiger partial charge in [-0.1, -0.05) is 12.5 Å². The molecule has 2 aliphatic heterocycles. The van der Waals surface area contributed by atoms with Gasteiger partial charge < -0.3 is 19.7 Å². The van der Waals surface area contributed by atoms with Gasteiger partial charge in [-0.2, -0.15) is 0 Å². The Hall–Kier alpha value is -1.59. The smallest absolute Gasteiger partial charge is 0.254 e. The van der Waals surface area contributed by atoms with E-state index >= 15 is 0 Å². The third kappa shape index (κ3) is 4.08. The highest BCUT2D eigenvalue weighted by atomic mass is 16.5. The van der Waals surface area contributed by atoms with Gasteiger partial charge in [-0.15, -0.1) is 0 Å². The van der Waals surface area contributed by atoms with Crippen molar-refractivity contribution in [3.05, 3.63) is 29.8 Å². The molecule has 2 bridgehead atoms. The van der Waals surface area contributed by atoms with Gasteiger partial charge in [-0.25, -0.2) is 0 Å². The largest absolute Gasteiger partial charge is 0.492 e. The quantitative estimate of drug-likeness (QED) is 0.858. The number of piperidine rings is 1. The number of hydrogen-bond donors (Lipinski definition) is 1. The van der Waals surface area contributed by atoms with E-state index in [4.69, 9.17) is 9.47 Å². The first kappa shape index (κ1) is 17.2. The maximum atomic E-state index is 13.1. The predicted molar refractivity (Wildman–Crippen MR) is 93.5 cm³/mol. The minimum atomic E-state index is 0.0994. The summed E-state index contributed by atoms with van der Waals surface area (Å²) in [7, 11) is 1.76. The second kappa shape index (κ2) is 8.49. The van der Waals surface area contributed by atoms with Gasteiger partial charge in [-0.05, 0) is 50.4 Å². The third-order valence-corrected chi connectivity index (χ3v) is 5.01. The molecule has 5 nitrogen and oxygen atoms in total. The van der Waals surface area contributed by atoms with E-state index < -0.39 is 0 Å². The second-order valence-corrected chi connectivity index (χ2v) is 6.60. The number of methoxy groups -OCH3 is 1. The van der Waals surface area contributed by atoms with Crippen molar-refractivity contribution in [2.24, 2.45) is 0 Å². The molecule has 2 atom stereocenters.